The largest absolute Gasteiger partial charge is 0.497 e. The van der Waals surface area contributed by atoms with Gasteiger partial charge in [-0.15, -0.1) is 0 Å². The van der Waals surface area contributed by atoms with E-state index in [0.29, 0.717) is 26.2 Å². The molecule has 0 saturated carbocycles. The summed E-state index contributed by atoms with van der Waals surface area (Å²) < 4.78 is 10.6. The summed E-state index contributed by atoms with van der Waals surface area (Å²) in [6, 6.07) is 7.41. The van der Waals surface area contributed by atoms with Crippen LogP contribution in [0.4, 0.5) is 4.79 Å². The van der Waals surface area contributed by atoms with Crippen molar-refractivity contribution in [2.24, 2.45) is 5.92 Å². The van der Waals surface area contributed by atoms with Gasteiger partial charge in [-0.25, -0.2) is 4.79 Å². The smallest absolute Gasteiger partial charge is 0.410 e. The van der Waals surface area contributed by atoms with E-state index in [1.54, 1.807) is 29.1 Å². The fraction of sp³-hybridized carbons (Fsp3) is 0.577. The van der Waals surface area contributed by atoms with Crippen LogP contribution in [-0.2, 0) is 14.3 Å². The molecule has 34 heavy (non-hydrogen) atoms. The highest BCUT2D eigenvalue weighted by atomic mass is 16.6. The van der Waals surface area contributed by atoms with E-state index in [4.69, 9.17) is 9.47 Å². The number of carbonyl (C=O) groups is 3. The van der Waals surface area contributed by atoms with Gasteiger partial charge in [-0.05, 0) is 70.2 Å². The molecule has 1 aromatic carbocycles. The van der Waals surface area contributed by atoms with Crippen molar-refractivity contribution in [3.8, 4) is 5.75 Å². The minimum Gasteiger partial charge on any atom is -0.497 e. The molecule has 0 aromatic heterocycles. The average Bonchev–Trinajstić information content (AvgIpc) is 2.82. The van der Waals surface area contributed by atoms with Gasteiger partial charge < -0.3 is 24.6 Å². The summed E-state index contributed by atoms with van der Waals surface area (Å²) in [5.74, 6) is 0.387. The predicted octanol–water partition coefficient (Wildman–Crippen LogP) is 3.46. The predicted molar refractivity (Wildman–Crippen MR) is 130 cm³/mol. The number of piperidine rings is 2. The van der Waals surface area contributed by atoms with Crippen LogP contribution in [0, 0.1) is 5.92 Å². The van der Waals surface area contributed by atoms with Gasteiger partial charge in [0.25, 0.3) is 0 Å². The van der Waals surface area contributed by atoms with Crippen molar-refractivity contribution >= 4 is 24.0 Å². The van der Waals surface area contributed by atoms with E-state index < -0.39 is 5.60 Å². The Balaban J connectivity index is 1.50. The minimum absolute atomic E-state index is 0.0543. The number of carbonyl (C=O) groups excluding carboxylic acids is 3. The molecule has 0 unspecified atom stereocenters. The number of methoxy groups -OCH3 is 1. The molecule has 0 aliphatic carbocycles. The van der Waals surface area contributed by atoms with Gasteiger partial charge in [-0.1, -0.05) is 12.1 Å². The zero-order chi connectivity index (χ0) is 24.7. The topological polar surface area (TPSA) is 88.2 Å². The van der Waals surface area contributed by atoms with Gasteiger partial charge in [0.15, 0.2) is 0 Å². The van der Waals surface area contributed by atoms with Crippen LogP contribution in [0.1, 0.15) is 52.0 Å². The Morgan fingerprint density at radius 3 is 2.35 bits per heavy atom. The van der Waals surface area contributed by atoms with Gasteiger partial charge >= 0.3 is 6.09 Å². The maximum Gasteiger partial charge on any atom is 0.410 e. The maximum absolute atomic E-state index is 12.9. The summed E-state index contributed by atoms with van der Waals surface area (Å²) in [7, 11) is 1.62. The zero-order valence-electron chi connectivity index (χ0n) is 20.7. The molecule has 8 heteroatoms. The summed E-state index contributed by atoms with van der Waals surface area (Å²) in [6.07, 6.45) is 6.17. The van der Waals surface area contributed by atoms with Gasteiger partial charge in [0.1, 0.15) is 11.4 Å². The molecular formula is C26H37N3O5. The van der Waals surface area contributed by atoms with Crippen molar-refractivity contribution in [2.45, 2.75) is 58.1 Å². The van der Waals surface area contributed by atoms with E-state index in [-0.39, 0.29) is 29.9 Å². The monoisotopic (exact) mass is 471 g/mol. The van der Waals surface area contributed by atoms with Crippen LogP contribution in [0.3, 0.4) is 0 Å². The third-order valence-corrected chi connectivity index (χ3v) is 6.06. The molecule has 1 aromatic rings. The second-order valence-corrected chi connectivity index (χ2v) is 10.0. The summed E-state index contributed by atoms with van der Waals surface area (Å²) in [5, 5.41) is 3.12. The number of likely N-dealkylation sites (tertiary alicyclic amines) is 2. The number of benzene rings is 1. The molecule has 186 valence electrons. The van der Waals surface area contributed by atoms with Gasteiger partial charge in [-0.3, -0.25) is 9.59 Å². The summed E-state index contributed by atoms with van der Waals surface area (Å²) in [6.45, 7) is 7.63. The molecule has 2 atom stereocenters. The Kier molecular flexibility index (Phi) is 8.58. The SMILES string of the molecule is COc1ccc(/C=C/C(=O)N2CCC[C@@H](NC(=O)[C@H]3CCCN(C(=O)OC(C)(C)C)C3)C2)cc1. The highest BCUT2D eigenvalue weighted by molar-refractivity contribution is 5.92. The molecule has 2 heterocycles. The Morgan fingerprint density at radius 1 is 1.00 bits per heavy atom. The van der Waals surface area contributed by atoms with Crippen LogP contribution in [0.5, 0.6) is 5.75 Å². The fourth-order valence-corrected chi connectivity index (χ4v) is 4.29. The summed E-state index contributed by atoms with van der Waals surface area (Å²) >= 11 is 0. The minimum atomic E-state index is -0.563. The van der Waals surface area contributed by atoms with Gasteiger partial charge in [0, 0.05) is 38.3 Å². The number of amides is 3. The van der Waals surface area contributed by atoms with E-state index in [1.165, 1.54) is 0 Å². The molecule has 3 rings (SSSR count). The molecular weight excluding hydrogens is 434 g/mol. The van der Waals surface area contributed by atoms with Crippen molar-refractivity contribution < 1.29 is 23.9 Å². The third-order valence-electron chi connectivity index (χ3n) is 6.06. The van der Waals surface area contributed by atoms with E-state index in [9.17, 15) is 14.4 Å². The number of nitrogens with one attached hydrogen (secondary N) is 1. The molecule has 3 amide bonds. The van der Waals surface area contributed by atoms with Gasteiger partial charge in [0.2, 0.25) is 11.8 Å². The number of ether oxygens (including phenoxy) is 2. The first-order valence-corrected chi connectivity index (χ1v) is 12.0. The van der Waals surface area contributed by atoms with Crippen LogP contribution in [0.15, 0.2) is 30.3 Å². The lowest BCUT2D eigenvalue weighted by Gasteiger charge is -2.36. The van der Waals surface area contributed by atoms with E-state index in [0.717, 1.165) is 37.0 Å². The van der Waals surface area contributed by atoms with E-state index in [1.807, 2.05) is 45.0 Å². The fourth-order valence-electron chi connectivity index (χ4n) is 4.29. The molecule has 1 N–H and O–H groups in total. The van der Waals surface area contributed by atoms with Crippen LogP contribution < -0.4 is 10.1 Å². The quantitative estimate of drug-likeness (QED) is 0.665. The van der Waals surface area contributed by atoms with Gasteiger partial charge in [-0.2, -0.15) is 0 Å². The van der Waals surface area contributed by atoms with E-state index >= 15 is 0 Å². The molecule has 0 bridgehead atoms. The molecule has 0 radical (unpaired) electrons. The Labute approximate surface area is 202 Å². The maximum atomic E-state index is 12.9. The molecule has 0 spiro atoms. The Hall–Kier alpha value is -3.03. The lowest BCUT2D eigenvalue weighted by molar-refractivity contribution is -0.131. The Bertz CT molecular complexity index is 891. The summed E-state index contributed by atoms with van der Waals surface area (Å²) in [4.78, 5) is 41.5. The lowest BCUT2D eigenvalue weighted by Crippen LogP contribution is -2.53. The van der Waals surface area contributed by atoms with Crippen molar-refractivity contribution in [1.82, 2.24) is 15.1 Å². The second kappa shape index (κ2) is 11.4. The molecule has 8 nitrogen and oxygen atoms in total. The number of hydrogen-bond acceptors (Lipinski definition) is 5. The van der Waals surface area contributed by atoms with Crippen molar-refractivity contribution in [3.63, 3.8) is 0 Å². The standard InChI is InChI=1S/C26H37N3O5/c1-26(2,3)34-25(32)29-16-5-7-20(17-29)24(31)27-21-8-6-15-28(18-21)23(30)14-11-19-9-12-22(33-4)13-10-19/h9-14,20-21H,5-8,15-18H2,1-4H3,(H,27,31)/b14-11+/t20-,21+/m0/s1. The number of rotatable bonds is 5. The highest BCUT2D eigenvalue weighted by Gasteiger charge is 2.32. The van der Waals surface area contributed by atoms with E-state index in [2.05, 4.69) is 5.32 Å². The van der Waals surface area contributed by atoms with Gasteiger partial charge in [0.05, 0.1) is 13.0 Å². The first kappa shape index (κ1) is 25.6. The van der Waals surface area contributed by atoms with Crippen molar-refractivity contribution in [3.05, 3.63) is 35.9 Å². The van der Waals surface area contributed by atoms with Crippen molar-refractivity contribution in [2.75, 3.05) is 33.3 Å². The number of hydrogen-bond donors (Lipinski definition) is 1. The normalized spacial score (nSPS) is 21.3. The molecule has 2 fully saturated rings. The third kappa shape index (κ3) is 7.50. The second-order valence-electron chi connectivity index (χ2n) is 10.0. The van der Waals surface area contributed by atoms with Crippen LogP contribution in [-0.4, -0.2) is 72.6 Å². The molecule has 2 aliphatic heterocycles. The number of nitrogens with zero attached hydrogens (tertiary/aromatic N) is 2. The lowest BCUT2D eigenvalue weighted by atomic mass is 9.96. The average molecular weight is 472 g/mol. The van der Waals surface area contributed by atoms with Crippen molar-refractivity contribution in [1.29, 1.82) is 0 Å². The van der Waals surface area contributed by atoms with Crippen LogP contribution >= 0.6 is 0 Å². The highest BCUT2D eigenvalue weighted by Crippen LogP contribution is 2.21. The molecule has 2 saturated heterocycles. The molecule has 2 aliphatic rings. The zero-order valence-corrected chi connectivity index (χ0v) is 20.7. The van der Waals surface area contributed by atoms with Crippen LogP contribution in [0.2, 0.25) is 0 Å². The summed E-state index contributed by atoms with van der Waals surface area (Å²) in [5.41, 5.74) is 0.356. The Morgan fingerprint density at radius 2 is 1.68 bits per heavy atom. The first-order valence-electron chi connectivity index (χ1n) is 12.0. The first-order chi connectivity index (χ1) is 16.1. The van der Waals surface area contributed by atoms with Crippen LogP contribution in [0.25, 0.3) is 6.08 Å².